The van der Waals surface area contributed by atoms with Crippen LogP contribution in [0.4, 0.5) is 18.9 Å². The average Bonchev–Trinajstić information content (AvgIpc) is 2.84. The van der Waals surface area contributed by atoms with Gasteiger partial charge in [0.05, 0.1) is 21.2 Å². The minimum atomic E-state index is -4.73. The largest absolute Gasteiger partial charge is 0.416 e. The number of anilines is 1. The van der Waals surface area contributed by atoms with Crippen LogP contribution in [0.1, 0.15) is 12.0 Å². The zero-order valence-electron chi connectivity index (χ0n) is 18.6. The van der Waals surface area contributed by atoms with Crippen LogP contribution in [0.3, 0.4) is 0 Å². The molecule has 12 heteroatoms. The van der Waals surface area contributed by atoms with Crippen LogP contribution in [0, 0.1) is 0 Å². The van der Waals surface area contributed by atoms with Crippen LogP contribution in [-0.4, -0.2) is 33.2 Å². The highest BCUT2D eigenvalue weighted by atomic mass is 35.5. The zero-order valence-corrected chi connectivity index (χ0v) is 21.8. The number of carbonyl (C=O) groups is 1. The summed E-state index contributed by atoms with van der Waals surface area (Å²) in [5, 5.41) is 3.01. The highest BCUT2D eigenvalue weighted by molar-refractivity contribution is 7.99. The first-order chi connectivity index (χ1) is 17.0. The quantitative estimate of drug-likeness (QED) is 0.221. The number of thioether (sulfide) groups is 1. The Hall–Kier alpha value is -2.40. The number of halogens is 5. The summed E-state index contributed by atoms with van der Waals surface area (Å²) in [4.78, 5) is 13.5. The third-order valence-electron chi connectivity index (χ3n) is 4.89. The standard InChI is InChI=1S/C24H21Cl2F3N2O3S2/c25-18-8-10-19(11-9-18)35-14-4-13-30-23(32)16-31(36(33,34)20-5-2-1-3-6-20)22-15-17(24(27,28)29)7-12-21(22)26/h1-3,5-12,15H,4,13-14,16H2,(H,30,32). The van der Waals surface area contributed by atoms with E-state index in [0.717, 1.165) is 17.0 Å². The van der Waals surface area contributed by atoms with Gasteiger partial charge in [-0.05, 0) is 66.8 Å². The molecule has 3 aromatic rings. The second kappa shape index (κ2) is 12.2. The van der Waals surface area contributed by atoms with Gasteiger partial charge in [-0.1, -0.05) is 41.4 Å². The molecule has 0 atom stereocenters. The fourth-order valence-corrected chi connectivity index (χ4v) is 5.81. The summed E-state index contributed by atoms with van der Waals surface area (Å²) >= 11 is 13.5. The van der Waals surface area contributed by atoms with Gasteiger partial charge in [-0.2, -0.15) is 13.2 Å². The first-order valence-corrected chi connectivity index (χ1v) is 13.8. The van der Waals surface area contributed by atoms with Crippen molar-refractivity contribution in [3.05, 3.63) is 88.4 Å². The van der Waals surface area contributed by atoms with E-state index in [4.69, 9.17) is 23.2 Å². The molecule has 0 heterocycles. The van der Waals surface area contributed by atoms with Crippen LogP contribution < -0.4 is 9.62 Å². The summed E-state index contributed by atoms with van der Waals surface area (Å²) in [6.45, 7) is -0.502. The van der Waals surface area contributed by atoms with Crippen molar-refractivity contribution in [2.45, 2.75) is 22.4 Å². The maximum Gasteiger partial charge on any atom is 0.416 e. The maximum atomic E-state index is 13.3. The van der Waals surface area contributed by atoms with Crippen LogP contribution in [-0.2, 0) is 21.0 Å². The molecule has 0 aromatic heterocycles. The second-order valence-corrected chi connectivity index (χ2v) is 11.4. The number of carbonyl (C=O) groups excluding carboxylic acids is 1. The normalized spacial score (nSPS) is 11.8. The van der Waals surface area contributed by atoms with E-state index in [2.05, 4.69) is 5.32 Å². The number of benzene rings is 3. The van der Waals surface area contributed by atoms with Gasteiger partial charge in [-0.15, -0.1) is 11.8 Å². The van der Waals surface area contributed by atoms with Crippen molar-refractivity contribution in [1.29, 1.82) is 0 Å². The van der Waals surface area contributed by atoms with Crippen LogP contribution in [0.15, 0.2) is 82.6 Å². The number of hydrogen-bond acceptors (Lipinski definition) is 4. The summed E-state index contributed by atoms with van der Waals surface area (Å²) in [6.07, 6.45) is -4.15. The molecular weight excluding hydrogens is 556 g/mol. The Kier molecular flexibility index (Phi) is 9.57. The number of amides is 1. The topological polar surface area (TPSA) is 66.5 Å². The third-order valence-corrected chi connectivity index (χ3v) is 8.33. The van der Waals surface area contributed by atoms with Crippen LogP contribution >= 0.6 is 35.0 Å². The molecule has 0 aliphatic carbocycles. The lowest BCUT2D eigenvalue weighted by Gasteiger charge is -2.25. The Bertz CT molecular complexity index is 1290. The van der Waals surface area contributed by atoms with Gasteiger partial charge in [0.25, 0.3) is 10.0 Å². The van der Waals surface area contributed by atoms with E-state index in [1.807, 2.05) is 12.1 Å². The summed E-state index contributed by atoms with van der Waals surface area (Å²) in [5.41, 5.74) is -1.53. The predicted octanol–water partition coefficient (Wildman–Crippen LogP) is 6.51. The van der Waals surface area contributed by atoms with E-state index in [1.165, 1.54) is 24.3 Å². The summed E-state index contributed by atoms with van der Waals surface area (Å²) < 4.78 is 67.2. The lowest BCUT2D eigenvalue weighted by molar-refractivity contribution is -0.137. The molecule has 0 unspecified atom stereocenters. The zero-order chi connectivity index (χ0) is 26.3. The lowest BCUT2D eigenvalue weighted by atomic mass is 10.2. The third kappa shape index (κ3) is 7.55. The molecule has 1 N–H and O–H groups in total. The Labute approximate surface area is 221 Å². The van der Waals surface area contributed by atoms with Gasteiger partial charge >= 0.3 is 6.18 Å². The fourth-order valence-electron chi connectivity index (χ4n) is 3.11. The van der Waals surface area contributed by atoms with Crippen molar-refractivity contribution in [3.8, 4) is 0 Å². The van der Waals surface area contributed by atoms with Crippen molar-refractivity contribution in [1.82, 2.24) is 5.32 Å². The number of rotatable bonds is 10. The number of sulfonamides is 1. The van der Waals surface area contributed by atoms with E-state index in [0.29, 0.717) is 27.6 Å². The number of nitrogens with one attached hydrogen (secondary N) is 1. The van der Waals surface area contributed by atoms with E-state index in [1.54, 1.807) is 30.0 Å². The second-order valence-electron chi connectivity index (χ2n) is 7.49. The average molecular weight is 577 g/mol. The Balaban J connectivity index is 1.75. The molecule has 5 nitrogen and oxygen atoms in total. The fraction of sp³-hybridized carbons (Fsp3) is 0.208. The van der Waals surface area contributed by atoms with Gasteiger partial charge in [-0.25, -0.2) is 8.42 Å². The van der Waals surface area contributed by atoms with Crippen molar-refractivity contribution in [3.63, 3.8) is 0 Å². The van der Waals surface area contributed by atoms with Gasteiger partial charge in [0.2, 0.25) is 5.91 Å². The predicted molar refractivity (Wildman–Crippen MR) is 137 cm³/mol. The molecule has 0 radical (unpaired) electrons. The molecule has 0 fully saturated rings. The molecule has 0 bridgehead atoms. The number of hydrogen-bond donors (Lipinski definition) is 1. The van der Waals surface area contributed by atoms with Crippen LogP contribution in [0.2, 0.25) is 10.0 Å². The highest BCUT2D eigenvalue weighted by Crippen LogP contribution is 2.37. The van der Waals surface area contributed by atoms with Gasteiger partial charge in [0.1, 0.15) is 6.54 Å². The van der Waals surface area contributed by atoms with Crippen molar-refractivity contribution in [2.75, 3.05) is 23.1 Å². The molecule has 0 saturated carbocycles. The summed E-state index contributed by atoms with van der Waals surface area (Å²) in [6, 6.07) is 16.7. The van der Waals surface area contributed by atoms with Crippen molar-refractivity contribution in [2.24, 2.45) is 0 Å². The van der Waals surface area contributed by atoms with E-state index >= 15 is 0 Å². The smallest absolute Gasteiger partial charge is 0.354 e. The van der Waals surface area contributed by atoms with E-state index in [-0.39, 0.29) is 16.5 Å². The van der Waals surface area contributed by atoms with E-state index < -0.39 is 39.9 Å². The lowest BCUT2D eigenvalue weighted by Crippen LogP contribution is -2.41. The molecule has 0 spiro atoms. The molecule has 1 amide bonds. The SMILES string of the molecule is O=C(CN(c1cc(C(F)(F)F)ccc1Cl)S(=O)(=O)c1ccccc1)NCCCSc1ccc(Cl)cc1. The monoisotopic (exact) mass is 576 g/mol. The first kappa shape index (κ1) is 28.2. The molecular formula is C24H21Cl2F3N2O3S2. The van der Waals surface area contributed by atoms with Gasteiger partial charge in [0, 0.05) is 16.5 Å². The van der Waals surface area contributed by atoms with Crippen molar-refractivity contribution < 1.29 is 26.4 Å². The molecule has 36 heavy (non-hydrogen) atoms. The van der Waals surface area contributed by atoms with E-state index in [9.17, 15) is 26.4 Å². The summed E-state index contributed by atoms with van der Waals surface area (Å²) in [5.74, 6) is -0.00703. The number of nitrogens with zero attached hydrogens (tertiary/aromatic N) is 1. The minimum Gasteiger partial charge on any atom is -0.354 e. The molecule has 0 saturated heterocycles. The molecule has 3 aromatic carbocycles. The van der Waals surface area contributed by atoms with Gasteiger partial charge in [0.15, 0.2) is 0 Å². The van der Waals surface area contributed by atoms with Crippen LogP contribution in [0.25, 0.3) is 0 Å². The van der Waals surface area contributed by atoms with Gasteiger partial charge in [-0.3, -0.25) is 9.10 Å². The molecule has 0 aliphatic rings. The van der Waals surface area contributed by atoms with Gasteiger partial charge < -0.3 is 5.32 Å². The van der Waals surface area contributed by atoms with Crippen LogP contribution in [0.5, 0.6) is 0 Å². The molecule has 0 aliphatic heterocycles. The number of alkyl halides is 3. The molecule has 192 valence electrons. The Morgan fingerprint density at radius 2 is 1.64 bits per heavy atom. The minimum absolute atomic E-state index is 0.189. The maximum absolute atomic E-state index is 13.3. The van der Waals surface area contributed by atoms with Crippen molar-refractivity contribution >= 4 is 56.6 Å². The highest BCUT2D eigenvalue weighted by Gasteiger charge is 2.34. The Morgan fingerprint density at radius 1 is 0.972 bits per heavy atom. The first-order valence-electron chi connectivity index (χ1n) is 10.6. The summed E-state index contributed by atoms with van der Waals surface area (Å²) in [7, 11) is -4.40. The molecule has 3 rings (SSSR count). The Morgan fingerprint density at radius 3 is 2.28 bits per heavy atom.